The highest BCUT2D eigenvalue weighted by molar-refractivity contribution is 7.89. The number of hydrogen-bond acceptors (Lipinski definition) is 6. The molecular weight excluding hydrogens is 294 g/mol. The van der Waals surface area contributed by atoms with Gasteiger partial charge < -0.3 is 19.4 Å². The first-order valence-electron chi connectivity index (χ1n) is 6.96. The van der Waals surface area contributed by atoms with Crippen LogP contribution in [0.2, 0.25) is 0 Å². The molecule has 1 aromatic heterocycles. The second-order valence-electron chi connectivity index (χ2n) is 5.27. The Bertz CT molecular complexity index is 570. The number of furan rings is 1. The fourth-order valence-corrected chi connectivity index (χ4v) is 3.59. The third-order valence-electron chi connectivity index (χ3n) is 3.41. The highest BCUT2D eigenvalue weighted by Crippen LogP contribution is 2.20. The molecule has 1 fully saturated rings. The number of rotatable bonds is 6. The molecule has 1 saturated heterocycles. The molecule has 1 aliphatic rings. The summed E-state index contributed by atoms with van der Waals surface area (Å²) in [6.45, 7) is 4.62. The van der Waals surface area contributed by atoms with Crippen molar-refractivity contribution in [3.63, 3.8) is 0 Å². The summed E-state index contributed by atoms with van der Waals surface area (Å²) in [7, 11) is 0.198. The lowest BCUT2D eigenvalue weighted by molar-refractivity contribution is -0.0156. The average molecular weight is 317 g/mol. The molecule has 0 aromatic carbocycles. The molecule has 1 aromatic rings. The molecule has 0 radical (unpaired) electrons. The lowest BCUT2D eigenvalue weighted by Gasteiger charge is -2.29. The van der Waals surface area contributed by atoms with Gasteiger partial charge in [-0.15, -0.1) is 0 Å². The normalized spacial score (nSPS) is 20.8. The van der Waals surface area contributed by atoms with E-state index in [-0.39, 0.29) is 17.5 Å². The standard InChI is InChI=1S/C13H23N3O4S/c1-10-13(6-11(20-10)7-14-2)21(17,18)15-8-12-9-16(3)4-5-19-12/h6,12,14-15H,4-5,7-9H2,1-3H3. The second kappa shape index (κ2) is 6.89. The van der Waals surface area contributed by atoms with Crippen LogP contribution in [0.25, 0.3) is 0 Å². The van der Waals surface area contributed by atoms with Crippen molar-refractivity contribution >= 4 is 10.0 Å². The van der Waals surface area contributed by atoms with Gasteiger partial charge >= 0.3 is 0 Å². The number of morpholine rings is 1. The second-order valence-corrected chi connectivity index (χ2v) is 7.01. The van der Waals surface area contributed by atoms with Crippen molar-refractivity contribution in [2.45, 2.75) is 24.5 Å². The fourth-order valence-electron chi connectivity index (χ4n) is 2.32. The monoisotopic (exact) mass is 317 g/mol. The smallest absolute Gasteiger partial charge is 0.244 e. The van der Waals surface area contributed by atoms with E-state index in [9.17, 15) is 8.42 Å². The van der Waals surface area contributed by atoms with Crippen LogP contribution in [0.1, 0.15) is 11.5 Å². The molecule has 21 heavy (non-hydrogen) atoms. The molecule has 0 bridgehead atoms. The molecular formula is C13H23N3O4S. The third kappa shape index (κ3) is 4.27. The van der Waals surface area contributed by atoms with Crippen molar-refractivity contribution in [2.24, 2.45) is 0 Å². The van der Waals surface area contributed by atoms with Crippen molar-refractivity contribution in [1.29, 1.82) is 0 Å². The van der Waals surface area contributed by atoms with E-state index >= 15 is 0 Å². The number of nitrogens with one attached hydrogen (secondary N) is 2. The molecule has 1 aliphatic heterocycles. The molecule has 7 nitrogen and oxygen atoms in total. The Morgan fingerprint density at radius 3 is 2.90 bits per heavy atom. The molecule has 1 unspecified atom stereocenters. The Kier molecular flexibility index (Phi) is 5.39. The largest absolute Gasteiger partial charge is 0.464 e. The van der Waals surface area contributed by atoms with Gasteiger partial charge in [0.1, 0.15) is 16.4 Å². The topological polar surface area (TPSA) is 83.8 Å². The minimum atomic E-state index is -3.58. The average Bonchev–Trinajstić information content (AvgIpc) is 2.79. The van der Waals surface area contributed by atoms with Crippen LogP contribution in [-0.4, -0.2) is 59.8 Å². The van der Waals surface area contributed by atoms with Crippen molar-refractivity contribution in [3.05, 3.63) is 17.6 Å². The maximum absolute atomic E-state index is 12.3. The molecule has 0 spiro atoms. The van der Waals surface area contributed by atoms with Crippen LogP contribution >= 0.6 is 0 Å². The summed E-state index contributed by atoms with van der Waals surface area (Å²) in [6, 6.07) is 1.56. The number of aryl methyl sites for hydroxylation is 1. The zero-order valence-corrected chi connectivity index (χ0v) is 13.5. The van der Waals surface area contributed by atoms with Gasteiger partial charge in [0.05, 0.1) is 19.3 Å². The summed E-state index contributed by atoms with van der Waals surface area (Å²) in [5.74, 6) is 0.999. The molecule has 0 aliphatic carbocycles. The maximum Gasteiger partial charge on any atom is 0.244 e. The number of nitrogens with zero attached hydrogens (tertiary/aromatic N) is 1. The van der Waals surface area contributed by atoms with E-state index in [0.717, 1.165) is 13.1 Å². The van der Waals surface area contributed by atoms with E-state index in [1.54, 1.807) is 20.0 Å². The molecule has 2 N–H and O–H groups in total. The van der Waals surface area contributed by atoms with Crippen molar-refractivity contribution in [1.82, 2.24) is 14.9 Å². The predicted octanol–water partition coefficient (Wildman–Crippen LogP) is -0.0837. The van der Waals surface area contributed by atoms with Crippen LogP contribution in [0.4, 0.5) is 0 Å². The molecule has 0 saturated carbocycles. The van der Waals surface area contributed by atoms with Gasteiger partial charge in [-0.1, -0.05) is 0 Å². The highest BCUT2D eigenvalue weighted by atomic mass is 32.2. The number of sulfonamides is 1. The van der Waals surface area contributed by atoms with Gasteiger partial charge in [-0.25, -0.2) is 13.1 Å². The van der Waals surface area contributed by atoms with E-state index in [1.165, 1.54) is 0 Å². The van der Waals surface area contributed by atoms with Gasteiger partial charge in [0.2, 0.25) is 10.0 Å². The Morgan fingerprint density at radius 1 is 1.48 bits per heavy atom. The molecule has 120 valence electrons. The lowest BCUT2D eigenvalue weighted by atomic mass is 10.3. The number of ether oxygens (including phenoxy) is 1. The minimum absolute atomic E-state index is 0.123. The lowest BCUT2D eigenvalue weighted by Crippen LogP contribution is -2.45. The van der Waals surface area contributed by atoms with E-state index < -0.39 is 10.0 Å². The Morgan fingerprint density at radius 2 is 2.24 bits per heavy atom. The fraction of sp³-hybridized carbons (Fsp3) is 0.692. The summed E-state index contributed by atoms with van der Waals surface area (Å²) in [6.07, 6.45) is -0.123. The van der Waals surface area contributed by atoms with E-state index in [1.807, 2.05) is 7.05 Å². The van der Waals surface area contributed by atoms with E-state index in [0.29, 0.717) is 24.7 Å². The van der Waals surface area contributed by atoms with E-state index in [4.69, 9.17) is 9.15 Å². The summed E-state index contributed by atoms with van der Waals surface area (Å²) in [4.78, 5) is 2.31. The van der Waals surface area contributed by atoms with Gasteiger partial charge in [-0.2, -0.15) is 0 Å². The molecule has 1 atom stereocenters. The third-order valence-corrected chi connectivity index (χ3v) is 4.94. The number of hydrogen-bond donors (Lipinski definition) is 2. The van der Waals surface area contributed by atoms with Crippen molar-refractivity contribution in [3.8, 4) is 0 Å². The van der Waals surface area contributed by atoms with Gasteiger partial charge in [0, 0.05) is 25.7 Å². The van der Waals surface area contributed by atoms with Gasteiger partial charge in [-0.05, 0) is 21.0 Å². The molecule has 2 heterocycles. The number of likely N-dealkylation sites (N-methyl/N-ethyl adjacent to an activating group) is 1. The highest BCUT2D eigenvalue weighted by Gasteiger charge is 2.24. The van der Waals surface area contributed by atoms with Crippen LogP contribution in [0.3, 0.4) is 0 Å². The van der Waals surface area contributed by atoms with Crippen LogP contribution in [0.5, 0.6) is 0 Å². The summed E-state index contributed by atoms with van der Waals surface area (Å²) in [5.41, 5.74) is 0. The summed E-state index contributed by atoms with van der Waals surface area (Å²) >= 11 is 0. The van der Waals surface area contributed by atoms with Crippen LogP contribution in [-0.2, 0) is 21.3 Å². The molecule has 8 heteroatoms. The van der Waals surface area contributed by atoms with Gasteiger partial charge in [-0.3, -0.25) is 0 Å². The SMILES string of the molecule is CNCc1cc(S(=O)(=O)NCC2CN(C)CCO2)c(C)o1. The van der Waals surface area contributed by atoms with Crippen LogP contribution in [0, 0.1) is 6.92 Å². The van der Waals surface area contributed by atoms with Crippen LogP contribution in [0.15, 0.2) is 15.4 Å². The first-order chi connectivity index (χ1) is 9.92. The Balaban J connectivity index is 2.01. The van der Waals surface area contributed by atoms with E-state index in [2.05, 4.69) is 14.9 Å². The van der Waals surface area contributed by atoms with Crippen LogP contribution < -0.4 is 10.0 Å². The minimum Gasteiger partial charge on any atom is -0.464 e. The zero-order valence-electron chi connectivity index (χ0n) is 12.7. The molecule has 0 amide bonds. The molecule has 2 rings (SSSR count). The van der Waals surface area contributed by atoms with Crippen molar-refractivity contribution < 1.29 is 17.6 Å². The van der Waals surface area contributed by atoms with Crippen molar-refractivity contribution in [2.75, 3.05) is 40.3 Å². The Hall–Kier alpha value is -0.930. The first-order valence-corrected chi connectivity index (χ1v) is 8.44. The Labute approximate surface area is 125 Å². The summed E-state index contributed by atoms with van der Waals surface area (Å²) < 4.78 is 38.3. The van der Waals surface area contributed by atoms with Gasteiger partial charge in [0.25, 0.3) is 0 Å². The quantitative estimate of drug-likeness (QED) is 0.763. The summed E-state index contributed by atoms with van der Waals surface area (Å²) in [5, 5.41) is 2.93. The van der Waals surface area contributed by atoms with Gasteiger partial charge in [0.15, 0.2) is 0 Å². The maximum atomic E-state index is 12.3. The predicted molar refractivity (Wildman–Crippen MR) is 78.6 cm³/mol. The zero-order chi connectivity index (χ0) is 15.5. The first kappa shape index (κ1) is 16.4.